The van der Waals surface area contributed by atoms with Crippen LogP contribution in [-0.4, -0.2) is 17.4 Å². The van der Waals surface area contributed by atoms with Crippen LogP contribution in [0.15, 0.2) is 18.2 Å². The van der Waals surface area contributed by atoms with Gasteiger partial charge < -0.3 is 10.5 Å². The predicted molar refractivity (Wildman–Crippen MR) is 55.3 cm³/mol. The molecule has 0 aliphatic carbocycles. The summed E-state index contributed by atoms with van der Waals surface area (Å²) in [5.74, 6) is 4.46. The van der Waals surface area contributed by atoms with E-state index in [0.29, 0.717) is 0 Å². The molecule has 0 bridgehead atoms. The molecule has 1 amide bonds. The first-order chi connectivity index (χ1) is 7.54. The van der Waals surface area contributed by atoms with Crippen LogP contribution in [0.4, 0.5) is 11.4 Å². The Balaban J connectivity index is 2.79. The zero-order chi connectivity index (χ0) is 12.1. The molecule has 0 saturated heterocycles. The molecule has 0 aromatic heterocycles. The van der Waals surface area contributed by atoms with Gasteiger partial charge in [-0.1, -0.05) is 0 Å². The molecule has 0 saturated carbocycles. The first kappa shape index (κ1) is 11.7. The molecular formula is C8H10N4O4. The standard InChI is InChI=1S/C8H10N4O4/c9-6-2-1-5(3-7(6)12(14)15)16-4-8(13)11-10/h1-3H,4,9-10H2,(H,11,13). The van der Waals surface area contributed by atoms with E-state index in [9.17, 15) is 14.9 Å². The second-order valence-corrected chi connectivity index (χ2v) is 2.83. The van der Waals surface area contributed by atoms with Crippen LogP contribution in [-0.2, 0) is 4.79 Å². The van der Waals surface area contributed by atoms with Crippen LogP contribution in [0.1, 0.15) is 0 Å². The van der Waals surface area contributed by atoms with E-state index in [0.717, 1.165) is 6.07 Å². The molecule has 8 heteroatoms. The number of nitro benzene ring substituents is 1. The Morgan fingerprint density at radius 2 is 2.25 bits per heavy atom. The number of hydrogen-bond donors (Lipinski definition) is 3. The van der Waals surface area contributed by atoms with Gasteiger partial charge in [-0.15, -0.1) is 0 Å². The maximum absolute atomic E-state index is 10.8. The minimum Gasteiger partial charge on any atom is -0.483 e. The highest BCUT2D eigenvalue weighted by molar-refractivity contribution is 5.76. The Bertz CT molecular complexity index is 420. The Morgan fingerprint density at radius 3 is 2.81 bits per heavy atom. The topological polar surface area (TPSA) is 134 Å². The highest BCUT2D eigenvalue weighted by atomic mass is 16.6. The molecule has 8 nitrogen and oxygen atoms in total. The number of anilines is 1. The Labute approximate surface area is 90.3 Å². The fourth-order valence-corrected chi connectivity index (χ4v) is 0.962. The molecule has 0 fully saturated rings. The van der Waals surface area contributed by atoms with Crippen LogP contribution in [0.2, 0.25) is 0 Å². The van der Waals surface area contributed by atoms with Crippen molar-refractivity contribution in [3.05, 3.63) is 28.3 Å². The summed E-state index contributed by atoms with van der Waals surface area (Å²) in [4.78, 5) is 20.7. The van der Waals surface area contributed by atoms with Crippen LogP contribution in [0.5, 0.6) is 5.75 Å². The number of hydrogen-bond acceptors (Lipinski definition) is 6. The molecule has 1 aromatic carbocycles. The third kappa shape index (κ3) is 2.82. The summed E-state index contributed by atoms with van der Waals surface area (Å²) in [6.07, 6.45) is 0. The lowest BCUT2D eigenvalue weighted by molar-refractivity contribution is -0.384. The average molecular weight is 226 g/mol. The number of nitro groups is 1. The lowest BCUT2D eigenvalue weighted by Crippen LogP contribution is -2.34. The molecule has 1 rings (SSSR count). The average Bonchev–Trinajstić information content (AvgIpc) is 2.27. The molecule has 0 unspecified atom stereocenters. The number of nitrogens with one attached hydrogen (secondary N) is 1. The molecule has 0 radical (unpaired) electrons. The highest BCUT2D eigenvalue weighted by Gasteiger charge is 2.12. The van der Waals surface area contributed by atoms with Gasteiger partial charge in [0.05, 0.1) is 11.0 Å². The van der Waals surface area contributed by atoms with E-state index in [1.165, 1.54) is 12.1 Å². The van der Waals surface area contributed by atoms with E-state index in [-0.39, 0.29) is 23.7 Å². The second-order valence-electron chi connectivity index (χ2n) is 2.83. The summed E-state index contributed by atoms with van der Waals surface area (Å²) in [5, 5.41) is 10.5. The molecule has 0 aliphatic rings. The van der Waals surface area contributed by atoms with Crippen molar-refractivity contribution in [1.29, 1.82) is 0 Å². The third-order valence-electron chi connectivity index (χ3n) is 1.73. The largest absolute Gasteiger partial charge is 0.483 e. The summed E-state index contributed by atoms with van der Waals surface area (Å²) < 4.78 is 4.95. The summed E-state index contributed by atoms with van der Waals surface area (Å²) in [5.41, 5.74) is 6.99. The van der Waals surface area contributed by atoms with Gasteiger partial charge >= 0.3 is 0 Å². The fourth-order valence-electron chi connectivity index (χ4n) is 0.962. The molecular weight excluding hydrogens is 216 g/mol. The van der Waals surface area contributed by atoms with Crippen LogP contribution >= 0.6 is 0 Å². The monoisotopic (exact) mass is 226 g/mol. The number of carbonyl (C=O) groups excluding carboxylic acids is 1. The van der Waals surface area contributed by atoms with Gasteiger partial charge in [0.1, 0.15) is 11.4 Å². The number of carbonyl (C=O) groups is 1. The third-order valence-corrected chi connectivity index (χ3v) is 1.73. The van der Waals surface area contributed by atoms with Gasteiger partial charge in [-0.2, -0.15) is 0 Å². The first-order valence-electron chi connectivity index (χ1n) is 4.20. The van der Waals surface area contributed by atoms with Crippen molar-refractivity contribution < 1.29 is 14.5 Å². The van der Waals surface area contributed by atoms with Crippen LogP contribution in [0, 0.1) is 10.1 Å². The van der Waals surface area contributed by atoms with Crippen molar-refractivity contribution in [3.63, 3.8) is 0 Å². The van der Waals surface area contributed by atoms with Gasteiger partial charge in [0.2, 0.25) is 0 Å². The summed E-state index contributed by atoms with van der Waals surface area (Å²) in [7, 11) is 0. The predicted octanol–water partition coefficient (Wildman–Crippen LogP) is -0.454. The number of rotatable bonds is 4. The van der Waals surface area contributed by atoms with Gasteiger partial charge in [0.15, 0.2) is 6.61 Å². The quantitative estimate of drug-likeness (QED) is 0.209. The molecule has 86 valence electrons. The van der Waals surface area contributed by atoms with Crippen LogP contribution in [0.3, 0.4) is 0 Å². The van der Waals surface area contributed by atoms with Gasteiger partial charge in [-0.3, -0.25) is 20.3 Å². The van der Waals surface area contributed by atoms with Gasteiger partial charge in [0, 0.05) is 0 Å². The summed E-state index contributed by atoms with van der Waals surface area (Å²) in [6.45, 7) is -0.322. The van der Waals surface area contributed by atoms with E-state index in [4.69, 9.17) is 16.3 Å². The smallest absolute Gasteiger partial charge is 0.295 e. The van der Waals surface area contributed by atoms with Crippen molar-refractivity contribution in [2.75, 3.05) is 12.3 Å². The number of nitrogens with zero attached hydrogens (tertiary/aromatic N) is 1. The maximum atomic E-state index is 10.8. The summed E-state index contributed by atoms with van der Waals surface area (Å²) in [6, 6.07) is 3.89. The molecule has 0 spiro atoms. The van der Waals surface area contributed by atoms with Crippen LogP contribution < -0.4 is 21.7 Å². The highest BCUT2D eigenvalue weighted by Crippen LogP contribution is 2.26. The van der Waals surface area contributed by atoms with E-state index in [1.807, 2.05) is 5.43 Å². The SMILES string of the molecule is NNC(=O)COc1ccc(N)c([N+](=O)[O-])c1. The van der Waals surface area contributed by atoms with E-state index in [2.05, 4.69) is 0 Å². The number of benzene rings is 1. The molecule has 16 heavy (non-hydrogen) atoms. The number of nitrogen functional groups attached to an aromatic ring is 1. The number of hydrazine groups is 1. The number of ether oxygens (including phenoxy) is 1. The molecule has 0 aliphatic heterocycles. The van der Waals surface area contributed by atoms with Gasteiger partial charge in [-0.25, -0.2) is 5.84 Å². The zero-order valence-corrected chi connectivity index (χ0v) is 8.17. The van der Waals surface area contributed by atoms with Crippen molar-refractivity contribution in [2.45, 2.75) is 0 Å². The maximum Gasteiger partial charge on any atom is 0.295 e. The number of nitrogens with two attached hydrogens (primary N) is 2. The summed E-state index contributed by atoms with van der Waals surface area (Å²) >= 11 is 0. The fraction of sp³-hybridized carbons (Fsp3) is 0.125. The van der Waals surface area contributed by atoms with Crippen molar-refractivity contribution in [2.24, 2.45) is 5.84 Å². The van der Waals surface area contributed by atoms with Gasteiger partial charge in [0.25, 0.3) is 11.6 Å². The first-order valence-corrected chi connectivity index (χ1v) is 4.20. The minimum absolute atomic E-state index is 0.0284. The van der Waals surface area contributed by atoms with Crippen molar-refractivity contribution >= 4 is 17.3 Å². The minimum atomic E-state index is -0.634. The molecule has 0 heterocycles. The van der Waals surface area contributed by atoms with E-state index >= 15 is 0 Å². The van der Waals surface area contributed by atoms with E-state index in [1.54, 1.807) is 0 Å². The zero-order valence-electron chi connectivity index (χ0n) is 8.17. The lowest BCUT2D eigenvalue weighted by Gasteiger charge is -2.05. The van der Waals surface area contributed by atoms with Crippen LogP contribution in [0.25, 0.3) is 0 Å². The molecule has 5 N–H and O–H groups in total. The van der Waals surface area contributed by atoms with Gasteiger partial charge in [-0.05, 0) is 12.1 Å². The Kier molecular flexibility index (Phi) is 3.62. The second kappa shape index (κ2) is 4.94. The number of amides is 1. The lowest BCUT2D eigenvalue weighted by atomic mass is 10.2. The Morgan fingerprint density at radius 1 is 1.56 bits per heavy atom. The Hall–Kier alpha value is -2.35. The van der Waals surface area contributed by atoms with Crippen molar-refractivity contribution in [1.82, 2.24) is 5.43 Å². The molecule has 1 aromatic rings. The molecule has 0 atom stereocenters. The normalized spacial score (nSPS) is 9.56. The van der Waals surface area contributed by atoms with E-state index < -0.39 is 10.8 Å². The van der Waals surface area contributed by atoms with Crippen molar-refractivity contribution in [3.8, 4) is 5.75 Å².